The summed E-state index contributed by atoms with van der Waals surface area (Å²) in [5.41, 5.74) is 1.43. The van der Waals surface area contributed by atoms with Crippen molar-refractivity contribution in [2.24, 2.45) is 5.41 Å². The first-order chi connectivity index (χ1) is 8.61. The molecule has 1 saturated heterocycles. The molecule has 0 aromatic carbocycles. The average molecular weight is 266 g/mol. The van der Waals surface area contributed by atoms with Gasteiger partial charge in [0.05, 0.1) is 12.3 Å². The van der Waals surface area contributed by atoms with Crippen LogP contribution in [0.25, 0.3) is 0 Å². The Morgan fingerprint density at radius 3 is 3.11 bits per heavy atom. The predicted molar refractivity (Wildman–Crippen MR) is 78.5 cm³/mol. The van der Waals surface area contributed by atoms with Gasteiger partial charge in [0.15, 0.2) is 0 Å². The van der Waals surface area contributed by atoms with Crippen LogP contribution < -0.4 is 10.1 Å². The van der Waals surface area contributed by atoms with Crippen molar-refractivity contribution in [2.45, 2.75) is 33.2 Å². The Kier molecular flexibility index (Phi) is 4.38. The van der Waals surface area contributed by atoms with Crippen LogP contribution in [0.2, 0.25) is 0 Å². The third-order valence-electron chi connectivity index (χ3n) is 3.02. The van der Waals surface area contributed by atoms with Crippen LogP contribution in [0.4, 0.5) is 5.69 Å². The van der Waals surface area contributed by atoms with Crippen molar-refractivity contribution in [3.63, 3.8) is 0 Å². The zero-order valence-electron chi connectivity index (χ0n) is 11.4. The van der Waals surface area contributed by atoms with E-state index in [4.69, 9.17) is 4.74 Å². The van der Waals surface area contributed by atoms with E-state index in [9.17, 15) is 0 Å². The van der Waals surface area contributed by atoms with Crippen LogP contribution in [0.15, 0.2) is 18.3 Å². The summed E-state index contributed by atoms with van der Waals surface area (Å²) in [6.45, 7) is 7.30. The highest BCUT2D eigenvalue weighted by molar-refractivity contribution is 7.99. The Morgan fingerprint density at radius 1 is 1.56 bits per heavy atom. The lowest BCUT2D eigenvalue weighted by atomic mass is 9.88. The summed E-state index contributed by atoms with van der Waals surface area (Å²) in [4.78, 5) is 4.28. The first kappa shape index (κ1) is 13.5. The molecule has 0 amide bonds. The van der Waals surface area contributed by atoms with Crippen molar-refractivity contribution in [3.05, 3.63) is 18.3 Å². The van der Waals surface area contributed by atoms with Gasteiger partial charge in [-0.2, -0.15) is 11.8 Å². The standard InChI is InChI=1S/C14H22N2OS/c1-4-17-13-12(6-5-7-15-13)16-11-8-14(2,3)10-18-9-11/h5-7,11,16H,4,8-10H2,1-3H3. The average Bonchev–Trinajstić information content (AvgIpc) is 2.31. The molecular formula is C14H22N2OS. The van der Waals surface area contributed by atoms with Crippen LogP contribution in [-0.4, -0.2) is 29.1 Å². The lowest BCUT2D eigenvalue weighted by Gasteiger charge is -2.35. The number of nitrogens with zero attached hydrogens (tertiary/aromatic N) is 1. The molecule has 3 nitrogen and oxygen atoms in total. The minimum atomic E-state index is 0.411. The van der Waals surface area contributed by atoms with Crippen molar-refractivity contribution >= 4 is 17.4 Å². The zero-order valence-corrected chi connectivity index (χ0v) is 12.2. The Labute approximate surface area is 114 Å². The second kappa shape index (κ2) is 5.83. The second-order valence-electron chi connectivity index (χ2n) is 5.51. The quantitative estimate of drug-likeness (QED) is 0.905. The van der Waals surface area contributed by atoms with Gasteiger partial charge in [0, 0.05) is 18.0 Å². The number of nitrogens with one attached hydrogen (secondary N) is 1. The Balaban J connectivity index is 2.04. The van der Waals surface area contributed by atoms with Crippen LogP contribution in [0.5, 0.6) is 5.88 Å². The van der Waals surface area contributed by atoms with Gasteiger partial charge < -0.3 is 10.1 Å². The number of hydrogen-bond acceptors (Lipinski definition) is 4. The third kappa shape index (κ3) is 3.55. The number of anilines is 1. The molecule has 1 aliphatic rings. The molecule has 1 fully saturated rings. The highest BCUT2D eigenvalue weighted by atomic mass is 32.2. The minimum absolute atomic E-state index is 0.411. The fourth-order valence-corrected chi connectivity index (χ4v) is 3.60. The first-order valence-corrected chi connectivity index (χ1v) is 7.68. The topological polar surface area (TPSA) is 34.1 Å². The molecular weight excluding hydrogens is 244 g/mol. The summed E-state index contributed by atoms with van der Waals surface area (Å²) in [5.74, 6) is 3.12. The molecule has 1 aromatic rings. The van der Waals surface area contributed by atoms with E-state index in [0.29, 0.717) is 23.9 Å². The van der Waals surface area contributed by atoms with E-state index < -0.39 is 0 Å². The van der Waals surface area contributed by atoms with Crippen molar-refractivity contribution < 1.29 is 4.74 Å². The van der Waals surface area contributed by atoms with Crippen LogP contribution in [0.3, 0.4) is 0 Å². The maximum absolute atomic E-state index is 5.55. The highest BCUT2D eigenvalue weighted by Gasteiger charge is 2.28. The maximum Gasteiger partial charge on any atom is 0.237 e. The maximum atomic E-state index is 5.55. The number of pyridine rings is 1. The minimum Gasteiger partial charge on any atom is -0.476 e. The van der Waals surface area contributed by atoms with Crippen molar-refractivity contribution in [2.75, 3.05) is 23.4 Å². The molecule has 1 atom stereocenters. The Bertz CT molecular complexity index is 395. The summed E-state index contributed by atoms with van der Waals surface area (Å²) >= 11 is 2.02. The van der Waals surface area contributed by atoms with Crippen molar-refractivity contribution in [1.82, 2.24) is 4.98 Å². The zero-order chi connectivity index (χ0) is 13.0. The normalized spacial score (nSPS) is 22.5. The molecule has 0 radical (unpaired) electrons. The lowest BCUT2D eigenvalue weighted by molar-refractivity contribution is 0.326. The van der Waals surface area contributed by atoms with Crippen LogP contribution >= 0.6 is 11.8 Å². The molecule has 1 N–H and O–H groups in total. The molecule has 100 valence electrons. The largest absolute Gasteiger partial charge is 0.476 e. The molecule has 2 rings (SSSR count). The van der Waals surface area contributed by atoms with Crippen molar-refractivity contribution in [1.29, 1.82) is 0 Å². The predicted octanol–water partition coefficient (Wildman–Crippen LogP) is 3.42. The number of ether oxygens (including phenoxy) is 1. The van der Waals surface area contributed by atoms with Crippen LogP contribution in [0.1, 0.15) is 27.2 Å². The fourth-order valence-electron chi connectivity index (χ4n) is 2.33. The molecule has 4 heteroatoms. The number of rotatable bonds is 4. The smallest absolute Gasteiger partial charge is 0.237 e. The van der Waals surface area contributed by atoms with E-state index in [1.54, 1.807) is 6.20 Å². The van der Waals surface area contributed by atoms with Crippen LogP contribution in [-0.2, 0) is 0 Å². The molecule has 1 unspecified atom stereocenters. The molecule has 0 bridgehead atoms. The summed E-state index contributed by atoms with van der Waals surface area (Å²) in [6.07, 6.45) is 2.97. The second-order valence-corrected chi connectivity index (χ2v) is 6.54. The van der Waals surface area contributed by atoms with E-state index in [0.717, 1.165) is 11.4 Å². The number of hydrogen-bond donors (Lipinski definition) is 1. The molecule has 1 aliphatic heterocycles. The van der Waals surface area contributed by atoms with Gasteiger partial charge in [-0.25, -0.2) is 4.98 Å². The van der Waals surface area contributed by atoms with E-state index in [-0.39, 0.29) is 0 Å². The van der Waals surface area contributed by atoms with Gasteiger partial charge in [-0.3, -0.25) is 0 Å². The van der Waals surface area contributed by atoms with Gasteiger partial charge in [0.2, 0.25) is 5.88 Å². The van der Waals surface area contributed by atoms with E-state index in [1.807, 2.05) is 30.8 Å². The highest BCUT2D eigenvalue weighted by Crippen LogP contribution is 2.35. The van der Waals surface area contributed by atoms with Gasteiger partial charge in [0.1, 0.15) is 0 Å². The number of thioether (sulfide) groups is 1. The van der Waals surface area contributed by atoms with E-state index >= 15 is 0 Å². The Morgan fingerprint density at radius 2 is 2.39 bits per heavy atom. The fraction of sp³-hybridized carbons (Fsp3) is 0.643. The Hall–Kier alpha value is -0.900. The summed E-state index contributed by atoms with van der Waals surface area (Å²) in [6, 6.07) is 4.50. The molecule has 0 saturated carbocycles. The molecule has 18 heavy (non-hydrogen) atoms. The van der Waals surface area contributed by atoms with Gasteiger partial charge in [-0.15, -0.1) is 0 Å². The number of aromatic nitrogens is 1. The molecule has 2 heterocycles. The lowest BCUT2D eigenvalue weighted by Crippen LogP contribution is -2.35. The molecule has 0 aliphatic carbocycles. The third-order valence-corrected chi connectivity index (χ3v) is 4.65. The molecule has 0 spiro atoms. The first-order valence-electron chi connectivity index (χ1n) is 6.53. The summed E-state index contributed by atoms with van der Waals surface area (Å²) in [7, 11) is 0. The van der Waals surface area contributed by atoms with Gasteiger partial charge in [0.25, 0.3) is 0 Å². The van der Waals surface area contributed by atoms with Gasteiger partial charge in [-0.1, -0.05) is 13.8 Å². The van der Waals surface area contributed by atoms with Crippen LogP contribution in [0, 0.1) is 5.41 Å². The monoisotopic (exact) mass is 266 g/mol. The molecule has 1 aromatic heterocycles. The van der Waals surface area contributed by atoms with E-state index in [1.165, 1.54) is 12.2 Å². The van der Waals surface area contributed by atoms with Gasteiger partial charge in [-0.05, 0) is 36.6 Å². The van der Waals surface area contributed by atoms with E-state index in [2.05, 4.69) is 24.1 Å². The summed E-state index contributed by atoms with van der Waals surface area (Å²) in [5, 5.41) is 3.58. The van der Waals surface area contributed by atoms with Crippen molar-refractivity contribution in [3.8, 4) is 5.88 Å². The SMILES string of the molecule is CCOc1ncccc1NC1CSCC(C)(C)C1. The van der Waals surface area contributed by atoms with Gasteiger partial charge >= 0.3 is 0 Å². The summed E-state index contributed by atoms with van der Waals surface area (Å²) < 4.78 is 5.55.